The number of hydrogen-bond donors (Lipinski definition) is 2. The van der Waals surface area contributed by atoms with Crippen LogP contribution in [-0.4, -0.2) is 11.9 Å². The maximum Gasteiger partial charge on any atom is 0.416 e. The van der Waals surface area contributed by atoms with Crippen LogP contribution in [-0.2, 0) is 11.0 Å². The van der Waals surface area contributed by atoms with Gasteiger partial charge < -0.3 is 11.5 Å². The van der Waals surface area contributed by atoms with Crippen molar-refractivity contribution in [2.24, 2.45) is 16.5 Å². The molecule has 1 rings (SSSR count). The van der Waals surface area contributed by atoms with Crippen LogP contribution in [0.2, 0.25) is 0 Å². The van der Waals surface area contributed by atoms with E-state index in [2.05, 4.69) is 4.99 Å². The molecule has 0 heterocycles. The molecule has 0 saturated heterocycles. The Kier molecular flexibility index (Phi) is 6.07. The summed E-state index contributed by atoms with van der Waals surface area (Å²) < 4.78 is 37.8. The third kappa shape index (κ3) is 5.43. The van der Waals surface area contributed by atoms with E-state index in [4.69, 9.17) is 11.5 Å². The number of hydrogen-bond acceptors (Lipinski definition) is 1. The van der Waals surface area contributed by atoms with Crippen molar-refractivity contribution < 1.29 is 18.0 Å². The quantitative estimate of drug-likeness (QED) is 0.497. The fourth-order valence-corrected chi connectivity index (χ4v) is 1.23. The number of halogens is 4. The average Bonchev–Trinajstić information content (AvgIpc) is 2.24. The van der Waals surface area contributed by atoms with Gasteiger partial charge in [-0.25, -0.2) is 0 Å². The van der Waals surface area contributed by atoms with E-state index in [-0.39, 0.29) is 18.0 Å². The lowest BCUT2D eigenvalue weighted by Gasteiger charge is -2.09. The fraction of sp³-hybridized carbons (Fsp3) is 0.0909. The van der Waals surface area contributed by atoms with Gasteiger partial charge in [0, 0.05) is 6.08 Å². The molecule has 0 radical (unpaired) electrons. The molecule has 0 unspecified atom stereocenters. The van der Waals surface area contributed by atoms with Crippen LogP contribution in [0.5, 0.6) is 0 Å². The van der Waals surface area contributed by atoms with Gasteiger partial charge in [-0.1, -0.05) is 18.2 Å². The Morgan fingerprint density at radius 1 is 1.21 bits per heavy atom. The van der Waals surface area contributed by atoms with Crippen LogP contribution >= 0.6 is 12.4 Å². The molecule has 1 aromatic carbocycles. The van der Waals surface area contributed by atoms with Crippen molar-refractivity contribution >= 4 is 30.3 Å². The summed E-state index contributed by atoms with van der Waals surface area (Å²) in [6, 6.07) is 4.85. The van der Waals surface area contributed by atoms with E-state index in [1.54, 1.807) is 0 Å². The zero-order valence-corrected chi connectivity index (χ0v) is 10.3. The van der Waals surface area contributed by atoms with Gasteiger partial charge >= 0.3 is 6.18 Å². The summed E-state index contributed by atoms with van der Waals surface area (Å²) >= 11 is 0. The number of rotatable bonds is 2. The lowest BCUT2D eigenvalue weighted by molar-refractivity contribution is -0.137. The molecule has 8 heteroatoms. The van der Waals surface area contributed by atoms with Crippen LogP contribution in [0.25, 0.3) is 6.08 Å². The Bertz CT molecular complexity index is 508. The second kappa shape index (κ2) is 6.79. The molecule has 0 aliphatic carbocycles. The third-order valence-electron chi connectivity index (χ3n) is 1.91. The summed E-state index contributed by atoms with van der Waals surface area (Å²) in [6.45, 7) is 0. The number of alkyl halides is 3. The predicted octanol–water partition coefficient (Wildman–Crippen LogP) is 1.94. The topological polar surface area (TPSA) is 81.5 Å². The van der Waals surface area contributed by atoms with E-state index in [0.29, 0.717) is 0 Å². The Balaban J connectivity index is 0.00000324. The second-order valence-electron chi connectivity index (χ2n) is 3.29. The van der Waals surface area contributed by atoms with Gasteiger partial charge in [-0.3, -0.25) is 4.79 Å². The Hall–Kier alpha value is -2.02. The smallest absolute Gasteiger partial charge is 0.370 e. The molecule has 19 heavy (non-hydrogen) atoms. The van der Waals surface area contributed by atoms with Gasteiger partial charge in [0.25, 0.3) is 5.91 Å². The highest BCUT2D eigenvalue weighted by molar-refractivity contribution is 5.99. The molecular formula is C11H11ClF3N3O. The molecule has 4 nitrogen and oxygen atoms in total. The van der Waals surface area contributed by atoms with Gasteiger partial charge in [0.15, 0.2) is 5.96 Å². The van der Waals surface area contributed by atoms with Gasteiger partial charge in [-0.05, 0) is 17.7 Å². The Morgan fingerprint density at radius 2 is 1.79 bits per heavy atom. The first-order valence-electron chi connectivity index (χ1n) is 4.78. The first-order chi connectivity index (χ1) is 8.30. The van der Waals surface area contributed by atoms with Gasteiger partial charge in [-0.15, -0.1) is 12.4 Å². The first kappa shape index (κ1) is 17.0. The maximum absolute atomic E-state index is 12.6. The zero-order valence-electron chi connectivity index (χ0n) is 9.52. The maximum atomic E-state index is 12.6. The molecular weight excluding hydrogens is 283 g/mol. The second-order valence-corrected chi connectivity index (χ2v) is 3.29. The number of amides is 1. The number of aliphatic imine (C=N–C) groups is 1. The number of benzene rings is 1. The minimum atomic E-state index is -4.49. The lowest BCUT2D eigenvalue weighted by atomic mass is 10.1. The van der Waals surface area contributed by atoms with Crippen LogP contribution < -0.4 is 11.5 Å². The van der Waals surface area contributed by atoms with Crippen molar-refractivity contribution in [2.75, 3.05) is 0 Å². The van der Waals surface area contributed by atoms with Crippen molar-refractivity contribution in [3.05, 3.63) is 41.5 Å². The van der Waals surface area contributed by atoms with Crippen LogP contribution in [0.15, 0.2) is 35.3 Å². The molecule has 0 aliphatic rings. The van der Waals surface area contributed by atoms with E-state index in [1.807, 2.05) is 0 Å². The summed E-state index contributed by atoms with van der Waals surface area (Å²) in [6.07, 6.45) is -2.61. The number of nitrogens with zero attached hydrogens (tertiary/aromatic N) is 1. The van der Waals surface area contributed by atoms with Gasteiger partial charge in [0.1, 0.15) is 0 Å². The fourth-order valence-electron chi connectivity index (χ4n) is 1.23. The molecule has 1 amide bonds. The van der Waals surface area contributed by atoms with E-state index in [0.717, 1.165) is 18.2 Å². The molecule has 0 bridgehead atoms. The SMILES string of the molecule is Cl.NC(N)=NC(=O)C=Cc1ccccc1C(F)(F)F. The van der Waals surface area contributed by atoms with E-state index >= 15 is 0 Å². The summed E-state index contributed by atoms with van der Waals surface area (Å²) in [5, 5.41) is 0. The third-order valence-corrected chi connectivity index (χ3v) is 1.91. The highest BCUT2D eigenvalue weighted by atomic mass is 35.5. The zero-order chi connectivity index (χ0) is 13.8. The van der Waals surface area contributed by atoms with E-state index in [1.165, 1.54) is 18.2 Å². The standard InChI is InChI=1S/C11H10F3N3O.ClH/c12-11(13,14)8-4-2-1-3-7(8)5-6-9(18)17-10(15)16;/h1-6H,(H4,15,16,17,18);1H. The molecule has 4 N–H and O–H groups in total. The number of guanidine groups is 1. The van der Waals surface area contributed by atoms with Gasteiger partial charge in [-0.2, -0.15) is 18.2 Å². The van der Waals surface area contributed by atoms with Crippen molar-refractivity contribution in [2.45, 2.75) is 6.18 Å². The van der Waals surface area contributed by atoms with E-state index < -0.39 is 23.6 Å². The van der Waals surface area contributed by atoms with Crippen molar-refractivity contribution in [3.63, 3.8) is 0 Å². The summed E-state index contributed by atoms with van der Waals surface area (Å²) in [7, 11) is 0. The van der Waals surface area contributed by atoms with Crippen molar-refractivity contribution in [1.82, 2.24) is 0 Å². The van der Waals surface area contributed by atoms with Crippen molar-refractivity contribution in [1.29, 1.82) is 0 Å². The van der Waals surface area contributed by atoms with E-state index in [9.17, 15) is 18.0 Å². The van der Waals surface area contributed by atoms with Crippen molar-refractivity contribution in [3.8, 4) is 0 Å². The predicted molar refractivity (Wildman–Crippen MR) is 68.5 cm³/mol. The Morgan fingerprint density at radius 3 is 2.32 bits per heavy atom. The number of nitrogens with two attached hydrogens (primary N) is 2. The monoisotopic (exact) mass is 293 g/mol. The largest absolute Gasteiger partial charge is 0.416 e. The molecule has 1 aromatic rings. The summed E-state index contributed by atoms with van der Waals surface area (Å²) in [5.41, 5.74) is 8.94. The summed E-state index contributed by atoms with van der Waals surface area (Å²) in [4.78, 5) is 14.2. The first-order valence-corrected chi connectivity index (χ1v) is 4.78. The highest BCUT2D eigenvalue weighted by Crippen LogP contribution is 2.32. The average molecular weight is 294 g/mol. The minimum Gasteiger partial charge on any atom is -0.370 e. The molecule has 0 saturated carbocycles. The number of carbonyl (C=O) groups is 1. The lowest BCUT2D eigenvalue weighted by Crippen LogP contribution is -2.23. The highest BCUT2D eigenvalue weighted by Gasteiger charge is 2.32. The van der Waals surface area contributed by atoms with Gasteiger partial charge in [0.05, 0.1) is 5.56 Å². The Labute approximate surface area is 113 Å². The molecule has 0 atom stereocenters. The number of carbonyl (C=O) groups excluding carboxylic acids is 1. The van der Waals surface area contributed by atoms with Crippen LogP contribution in [0, 0.1) is 0 Å². The summed E-state index contributed by atoms with van der Waals surface area (Å²) in [5.74, 6) is -1.28. The van der Waals surface area contributed by atoms with Gasteiger partial charge in [0.2, 0.25) is 0 Å². The van der Waals surface area contributed by atoms with Crippen LogP contribution in [0.3, 0.4) is 0 Å². The van der Waals surface area contributed by atoms with Crippen LogP contribution in [0.1, 0.15) is 11.1 Å². The molecule has 0 aromatic heterocycles. The minimum absolute atomic E-state index is 0. The molecule has 0 spiro atoms. The van der Waals surface area contributed by atoms with Crippen LogP contribution in [0.4, 0.5) is 13.2 Å². The molecule has 0 fully saturated rings. The normalized spacial score (nSPS) is 10.9. The molecule has 0 aliphatic heterocycles. The molecule has 104 valence electrons.